The molecule has 0 radical (unpaired) electrons. The number of carbonyl (C=O) groups is 2. The number of anilines is 1. The van der Waals surface area contributed by atoms with Gasteiger partial charge in [-0.25, -0.2) is 0 Å². The van der Waals surface area contributed by atoms with Gasteiger partial charge in [0.2, 0.25) is 0 Å². The normalized spacial score (nSPS) is 15.0. The van der Waals surface area contributed by atoms with E-state index >= 15 is 0 Å². The SMILES string of the molecule is CC[C@@H](C)NC(=O)c1ccccc1NC(=O)[C@H](C)Oc1cccc2c1CCCC2. The van der Waals surface area contributed by atoms with Crippen LogP contribution in [0, 0.1) is 0 Å². The Balaban J connectivity index is 1.70. The molecule has 0 saturated carbocycles. The molecule has 2 amide bonds. The van der Waals surface area contributed by atoms with E-state index in [0.717, 1.165) is 31.4 Å². The molecule has 0 unspecified atom stereocenters. The van der Waals surface area contributed by atoms with Gasteiger partial charge in [0, 0.05) is 6.04 Å². The topological polar surface area (TPSA) is 67.4 Å². The first-order valence-corrected chi connectivity index (χ1v) is 10.5. The van der Waals surface area contributed by atoms with Gasteiger partial charge >= 0.3 is 0 Å². The highest BCUT2D eigenvalue weighted by Crippen LogP contribution is 2.30. The predicted molar refractivity (Wildman–Crippen MR) is 115 cm³/mol. The Morgan fingerprint density at radius 1 is 1.03 bits per heavy atom. The van der Waals surface area contributed by atoms with Crippen LogP contribution >= 0.6 is 0 Å². The van der Waals surface area contributed by atoms with Gasteiger partial charge in [-0.1, -0.05) is 31.2 Å². The number of rotatable bonds is 7. The van der Waals surface area contributed by atoms with Crippen molar-refractivity contribution >= 4 is 17.5 Å². The summed E-state index contributed by atoms with van der Waals surface area (Å²) in [5, 5.41) is 5.80. The molecule has 2 aromatic carbocycles. The maximum absolute atomic E-state index is 12.8. The number of carbonyl (C=O) groups excluding carboxylic acids is 2. The summed E-state index contributed by atoms with van der Waals surface area (Å²) in [6.07, 6.45) is 4.56. The molecule has 0 heterocycles. The number of amides is 2. The number of aryl methyl sites for hydroxylation is 1. The number of benzene rings is 2. The molecule has 0 fully saturated rings. The van der Waals surface area contributed by atoms with Crippen molar-refractivity contribution in [3.05, 3.63) is 59.2 Å². The van der Waals surface area contributed by atoms with E-state index in [1.54, 1.807) is 31.2 Å². The van der Waals surface area contributed by atoms with Gasteiger partial charge in [0.1, 0.15) is 5.75 Å². The quantitative estimate of drug-likeness (QED) is 0.727. The molecule has 0 spiro atoms. The van der Waals surface area contributed by atoms with Crippen LogP contribution < -0.4 is 15.4 Å². The summed E-state index contributed by atoms with van der Waals surface area (Å²) >= 11 is 0. The van der Waals surface area contributed by atoms with Gasteiger partial charge < -0.3 is 15.4 Å². The van der Waals surface area contributed by atoms with Crippen LogP contribution in [0.15, 0.2) is 42.5 Å². The molecule has 1 aliphatic carbocycles. The Kier molecular flexibility index (Phi) is 6.91. The van der Waals surface area contributed by atoms with E-state index in [-0.39, 0.29) is 17.9 Å². The molecule has 5 nitrogen and oxygen atoms in total. The summed E-state index contributed by atoms with van der Waals surface area (Å²) < 4.78 is 6.02. The van der Waals surface area contributed by atoms with E-state index < -0.39 is 6.10 Å². The lowest BCUT2D eigenvalue weighted by Crippen LogP contribution is -2.34. The molecule has 154 valence electrons. The first kappa shape index (κ1) is 20.9. The summed E-state index contributed by atoms with van der Waals surface area (Å²) in [6, 6.07) is 13.2. The number of para-hydroxylation sites is 1. The van der Waals surface area contributed by atoms with Gasteiger partial charge in [0.25, 0.3) is 11.8 Å². The number of fused-ring (bicyclic) bond motifs is 1. The highest BCUT2D eigenvalue weighted by molar-refractivity contribution is 6.04. The van der Waals surface area contributed by atoms with Crippen LogP contribution in [0.1, 0.15) is 61.5 Å². The molecule has 0 aromatic heterocycles. The van der Waals surface area contributed by atoms with Gasteiger partial charge in [-0.3, -0.25) is 9.59 Å². The van der Waals surface area contributed by atoms with E-state index in [1.807, 2.05) is 26.0 Å². The molecular formula is C24H30N2O3. The molecule has 2 atom stereocenters. The number of hydrogen-bond donors (Lipinski definition) is 2. The maximum Gasteiger partial charge on any atom is 0.265 e. The summed E-state index contributed by atoms with van der Waals surface area (Å²) in [5.41, 5.74) is 3.47. The monoisotopic (exact) mass is 394 g/mol. The average Bonchev–Trinajstić information content (AvgIpc) is 2.74. The van der Waals surface area contributed by atoms with Crippen LogP contribution in [0.3, 0.4) is 0 Å². The lowest BCUT2D eigenvalue weighted by Gasteiger charge is -2.22. The molecule has 5 heteroatoms. The second kappa shape index (κ2) is 9.59. The third-order valence-electron chi connectivity index (χ3n) is 5.45. The Morgan fingerprint density at radius 2 is 1.79 bits per heavy atom. The largest absolute Gasteiger partial charge is 0.481 e. The predicted octanol–water partition coefficient (Wildman–Crippen LogP) is 4.50. The Labute approximate surface area is 172 Å². The molecular weight excluding hydrogens is 364 g/mol. The lowest BCUT2D eigenvalue weighted by atomic mass is 9.91. The molecule has 0 aliphatic heterocycles. The first-order valence-electron chi connectivity index (χ1n) is 10.5. The van der Waals surface area contributed by atoms with E-state index in [0.29, 0.717) is 11.3 Å². The fraction of sp³-hybridized carbons (Fsp3) is 0.417. The second-order valence-corrected chi connectivity index (χ2v) is 7.68. The molecule has 2 N–H and O–H groups in total. The smallest absolute Gasteiger partial charge is 0.265 e. The zero-order valence-electron chi connectivity index (χ0n) is 17.5. The van der Waals surface area contributed by atoms with Gasteiger partial charge in [-0.05, 0) is 75.3 Å². The number of hydrogen-bond acceptors (Lipinski definition) is 3. The van der Waals surface area contributed by atoms with Gasteiger partial charge in [-0.15, -0.1) is 0 Å². The summed E-state index contributed by atoms with van der Waals surface area (Å²) in [4.78, 5) is 25.3. The van der Waals surface area contributed by atoms with Crippen molar-refractivity contribution < 1.29 is 14.3 Å². The molecule has 3 rings (SSSR count). The molecule has 2 aromatic rings. The van der Waals surface area contributed by atoms with E-state index in [1.165, 1.54) is 17.5 Å². The van der Waals surface area contributed by atoms with Crippen molar-refractivity contribution in [1.29, 1.82) is 0 Å². The molecule has 0 saturated heterocycles. The Bertz CT molecular complexity index is 878. The van der Waals surface area contributed by atoms with Crippen molar-refractivity contribution in [3.63, 3.8) is 0 Å². The minimum Gasteiger partial charge on any atom is -0.481 e. The average molecular weight is 395 g/mol. The van der Waals surface area contributed by atoms with Crippen LogP contribution in [0.2, 0.25) is 0 Å². The van der Waals surface area contributed by atoms with Crippen molar-refractivity contribution in [2.75, 3.05) is 5.32 Å². The maximum atomic E-state index is 12.8. The van der Waals surface area contributed by atoms with Crippen LogP contribution in [0.5, 0.6) is 5.75 Å². The van der Waals surface area contributed by atoms with Gasteiger partial charge in [0.05, 0.1) is 11.3 Å². The van der Waals surface area contributed by atoms with Crippen LogP contribution in [0.4, 0.5) is 5.69 Å². The van der Waals surface area contributed by atoms with Crippen LogP contribution in [-0.4, -0.2) is 24.0 Å². The van der Waals surface area contributed by atoms with Crippen LogP contribution in [0.25, 0.3) is 0 Å². The van der Waals surface area contributed by atoms with Gasteiger partial charge in [0.15, 0.2) is 6.10 Å². The molecule has 29 heavy (non-hydrogen) atoms. The standard InChI is InChI=1S/C24H30N2O3/c1-4-16(2)25-24(28)20-13-7-8-14-21(20)26-23(27)17(3)29-22-15-9-11-18-10-5-6-12-19(18)22/h7-9,11,13-17H,4-6,10,12H2,1-3H3,(H,25,28)(H,26,27)/t16-,17+/m1/s1. The molecule has 1 aliphatic rings. The fourth-order valence-corrected chi connectivity index (χ4v) is 3.53. The van der Waals surface area contributed by atoms with Crippen molar-refractivity contribution in [2.45, 2.75) is 65.0 Å². The van der Waals surface area contributed by atoms with Crippen molar-refractivity contribution in [1.82, 2.24) is 5.32 Å². The van der Waals surface area contributed by atoms with Crippen molar-refractivity contribution in [2.24, 2.45) is 0 Å². The first-order chi connectivity index (χ1) is 14.0. The fourth-order valence-electron chi connectivity index (χ4n) is 3.53. The molecule has 0 bridgehead atoms. The number of ether oxygens (including phenoxy) is 1. The summed E-state index contributed by atoms with van der Waals surface area (Å²) in [5.74, 6) is 0.316. The lowest BCUT2D eigenvalue weighted by molar-refractivity contribution is -0.122. The zero-order chi connectivity index (χ0) is 20.8. The Morgan fingerprint density at radius 3 is 2.59 bits per heavy atom. The highest BCUT2D eigenvalue weighted by atomic mass is 16.5. The summed E-state index contributed by atoms with van der Waals surface area (Å²) in [7, 11) is 0. The van der Waals surface area contributed by atoms with E-state index in [2.05, 4.69) is 16.7 Å². The third-order valence-corrected chi connectivity index (χ3v) is 5.45. The van der Waals surface area contributed by atoms with Crippen LogP contribution in [-0.2, 0) is 17.6 Å². The Hall–Kier alpha value is -2.82. The minimum atomic E-state index is -0.672. The summed E-state index contributed by atoms with van der Waals surface area (Å²) in [6.45, 7) is 5.70. The van der Waals surface area contributed by atoms with E-state index in [9.17, 15) is 9.59 Å². The minimum absolute atomic E-state index is 0.0674. The third kappa shape index (κ3) is 5.17. The van der Waals surface area contributed by atoms with Gasteiger partial charge in [-0.2, -0.15) is 0 Å². The highest BCUT2D eigenvalue weighted by Gasteiger charge is 2.21. The van der Waals surface area contributed by atoms with Crippen molar-refractivity contribution in [3.8, 4) is 5.75 Å². The van der Waals surface area contributed by atoms with E-state index in [4.69, 9.17) is 4.74 Å². The zero-order valence-corrected chi connectivity index (χ0v) is 17.5. The second-order valence-electron chi connectivity index (χ2n) is 7.68. The number of nitrogens with one attached hydrogen (secondary N) is 2.